The van der Waals surface area contributed by atoms with Crippen molar-refractivity contribution >= 4 is 0 Å². The third kappa shape index (κ3) is 7.02. The van der Waals surface area contributed by atoms with Gasteiger partial charge in [0.15, 0.2) is 0 Å². The molecule has 1 N–H and O–H groups in total. The first-order chi connectivity index (χ1) is 9.81. The average molecular weight is 286 g/mol. The topological polar surface area (TPSA) is 33.7 Å². The number of hydrogen-bond donors (Lipinski definition) is 1. The van der Waals surface area contributed by atoms with Gasteiger partial charge in [0.2, 0.25) is 0 Å². The van der Waals surface area contributed by atoms with E-state index in [9.17, 15) is 0 Å². The maximum Gasteiger partial charge on any atom is 0.0593 e. The molecule has 20 heavy (non-hydrogen) atoms. The molecule has 0 heterocycles. The minimum atomic E-state index is 0.710. The fourth-order valence-corrected chi connectivity index (χ4v) is 3.09. The van der Waals surface area contributed by atoms with Gasteiger partial charge in [-0.1, -0.05) is 13.3 Å². The highest BCUT2D eigenvalue weighted by Gasteiger charge is 2.27. The molecule has 0 bridgehead atoms. The van der Waals surface area contributed by atoms with Crippen molar-refractivity contribution in [2.24, 2.45) is 5.92 Å². The van der Waals surface area contributed by atoms with Gasteiger partial charge in [-0.25, -0.2) is 0 Å². The van der Waals surface area contributed by atoms with Gasteiger partial charge in [0.25, 0.3) is 0 Å². The van der Waals surface area contributed by atoms with Crippen LogP contribution in [-0.4, -0.2) is 63.5 Å². The molecule has 120 valence electrons. The van der Waals surface area contributed by atoms with Gasteiger partial charge in [-0.05, 0) is 39.2 Å². The van der Waals surface area contributed by atoms with E-state index in [4.69, 9.17) is 9.47 Å². The van der Waals surface area contributed by atoms with Crippen LogP contribution in [0.2, 0.25) is 0 Å². The van der Waals surface area contributed by atoms with E-state index in [0.717, 1.165) is 52.0 Å². The Labute approximate surface area is 125 Å². The smallest absolute Gasteiger partial charge is 0.0593 e. The zero-order chi connectivity index (χ0) is 14.6. The van der Waals surface area contributed by atoms with Gasteiger partial charge < -0.3 is 14.8 Å². The fourth-order valence-electron chi connectivity index (χ4n) is 3.09. The Morgan fingerprint density at radius 1 is 1.00 bits per heavy atom. The highest BCUT2D eigenvalue weighted by atomic mass is 16.5. The largest absolute Gasteiger partial charge is 0.380 e. The predicted octanol–water partition coefficient (Wildman–Crippen LogP) is 2.14. The second-order valence-electron chi connectivity index (χ2n) is 5.55. The molecule has 1 aliphatic rings. The monoisotopic (exact) mass is 286 g/mol. The first-order valence-corrected chi connectivity index (χ1v) is 8.43. The van der Waals surface area contributed by atoms with Crippen molar-refractivity contribution in [2.45, 2.75) is 46.1 Å². The summed E-state index contributed by atoms with van der Waals surface area (Å²) in [7, 11) is 0. The third-order valence-corrected chi connectivity index (χ3v) is 4.13. The minimum Gasteiger partial charge on any atom is -0.380 e. The van der Waals surface area contributed by atoms with Crippen molar-refractivity contribution in [1.82, 2.24) is 10.2 Å². The van der Waals surface area contributed by atoms with Crippen molar-refractivity contribution < 1.29 is 9.47 Å². The molecule has 4 heteroatoms. The maximum atomic E-state index is 5.51. The van der Waals surface area contributed by atoms with Crippen LogP contribution in [0.4, 0.5) is 0 Å². The van der Waals surface area contributed by atoms with Gasteiger partial charge in [-0.15, -0.1) is 0 Å². The number of nitrogens with zero attached hydrogens (tertiary/aromatic N) is 1. The minimum absolute atomic E-state index is 0.710. The lowest BCUT2D eigenvalue weighted by Crippen LogP contribution is -2.41. The van der Waals surface area contributed by atoms with Crippen molar-refractivity contribution in [3.63, 3.8) is 0 Å². The third-order valence-electron chi connectivity index (χ3n) is 4.13. The van der Waals surface area contributed by atoms with Crippen LogP contribution in [0.1, 0.15) is 40.0 Å². The molecule has 0 aromatic carbocycles. The highest BCUT2D eigenvalue weighted by Crippen LogP contribution is 2.26. The van der Waals surface area contributed by atoms with Gasteiger partial charge in [0, 0.05) is 38.9 Å². The van der Waals surface area contributed by atoms with Gasteiger partial charge in [0.1, 0.15) is 0 Å². The standard InChI is InChI=1S/C16H34N2O2/c1-4-17-16-9-7-8-15(16)14-18(10-12-19-5-2)11-13-20-6-3/h15-17H,4-14H2,1-3H3. The highest BCUT2D eigenvalue weighted by molar-refractivity contribution is 4.85. The van der Waals surface area contributed by atoms with Crippen molar-refractivity contribution in [3.05, 3.63) is 0 Å². The molecule has 1 rings (SSSR count). The Hall–Kier alpha value is -0.160. The van der Waals surface area contributed by atoms with Gasteiger partial charge in [-0.2, -0.15) is 0 Å². The van der Waals surface area contributed by atoms with E-state index >= 15 is 0 Å². The molecule has 0 radical (unpaired) electrons. The first kappa shape index (κ1) is 17.9. The van der Waals surface area contributed by atoms with Crippen LogP contribution in [0.3, 0.4) is 0 Å². The molecule has 1 fully saturated rings. The Balaban J connectivity index is 2.36. The van der Waals surface area contributed by atoms with Crippen LogP contribution in [0, 0.1) is 5.92 Å². The molecular weight excluding hydrogens is 252 g/mol. The Morgan fingerprint density at radius 3 is 2.20 bits per heavy atom. The Morgan fingerprint density at radius 2 is 1.65 bits per heavy atom. The van der Waals surface area contributed by atoms with E-state index in [-0.39, 0.29) is 0 Å². The van der Waals surface area contributed by atoms with Crippen LogP contribution in [-0.2, 0) is 9.47 Å². The molecule has 1 aliphatic carbocycles. The van der Waals surface area contributed by atoms with Gasteiger partial charge >= 0.3 is 0 Å². The zero-order valence-electron chi connectivity index (χ0n) is 13.7. The lowest BCUT2D eigenvalue weighted by atomic mass is 10.0. The zero-order valence-corrected chi connectivity index (χ0v) is 13.7. The molecule has 1 saturated carbocycles. The normalized spacial score (nSPS) is 22.8. The van der Waals surface area contributed by atoms with Crippen molar-refractivity contribution in [3.8, 4) is 0 Å². The summed E-state index contributed by atoms with van der Waals surface area (Å²) in [6, 6.07) is 0.710. The quantitative estimate of drug-likeness (QED) is 0.557. The summed E-state index contributed by atoms with van der Waals surface area (Å²) in [5.74, 6) is 0.790. The molecule has 2 atom stereocenters. The van der Waals surface area contributed by atoms with Crippen LogP contribution in [0.5, 0.6) is 0 Å². The summed E-state index contributed by atoms with van der Waals surface area (Å²) in [5, 5.41) is 3.65. The lowest BCUT2D eigenvalue weighted by molar-refractivity contribution is 0.0739. The molecule has 0 spiro atoms. The van der Waals surface area contributed by atoms with Crippen molar-refractivity contribution in [1.29, 1.82) is 0 Å². The lowest BCUT2D eigenvalue weighted by Gasteiger charge is -2.29. The van der Waals surface area contributed by atoms with Crippen LogP contribution < -0.4 is 5.32 Å². The summed E-state index contributed by atoms with van der Waals surface area (Å²) in [4.78, 5) is 2.52. The maximum absolute atomic E-state index is 5.51. The molecule has 0 aliphatic heterocycles. The van der Waals surface area contributed by atoms with E-state index in [2.05, 4.69) is 31.0 Å². The van der Waals surface area contributed by atoms with Crippen LogP contribution in [0.25, 0.3) is 0 Å². The summed E-state index contributed by atoms with van der Waals surface area (Å²) >= 11 is 0. The summed E-state index contributed by atoms with van der Waals surface area (Å²) in [5.41, 5.74) is 0. The number of nitrogens with one attached hydrogen (secondary N) is 1. The van der Waals surface area contributed by atoms with E-state index < -0.39 is 0 Å². The van der Waals surface area contributed by atoms with Crippen LogP contribution in [0.15, 0.2) is 0 Å². The SMILES string of the molecule is CCNC1CCCC1CN(CCOCC)CCOCC. The second kappa shape index (κ2) is 11.5. The number of ether oxygens (including phenoxy) is 2. The Kier molecular flexibility index (Phi) is 10.3. The molecule has 0 aromatic heterocycles. The molecule has 4 nitrogen and oxygen atoms in total. The van der Waals surface area contributed by atoms with E-state index in [1.54, 1.807) is 0 Å². The molecule has 0 aromatic rings. The van der Waals surface area contributed by atoms with E-state index in [1.807, 2.05) is 0 Å². The summed E-state index contributed by atoms with van der Waals surface area (Å²) < 4.78 is 11.0. The van der Waals surface area contributed by atoms with Crippen LogP contribution >= 0.6 is 0 Å². The van der Waals surface area contributed by atoms with Gasteiger partial charge in [-0.3, -0.25) is 4.90 Å². The molecule has 2 unspecified atom stereocenters. The van der Waals surface area contributed by atoms with E-state index in [1.165, 1.54) is 25.8 Å². The van der Waals surface area contributed by atoms with Crippen molar-refractivity contribution in [2.75, 3.05) is 52.6 Å². The predicted molar refractivity (Wildman–Crippen MR) is 84.2 cm³/mol. The van der Waals surface area contributed by atoms with Gasteiger partial charge in [0.05, 0.1) is 13.2 Å². The number of hydrogen-bond acceptors (Lipinski definition) is 4. The first-order valence-electron chi connectivity index (χ1n) is 8.43. The average Bonchev–Trinajstić information content (AvgIpc) is 2.87. The number of rotatable bonds is 12. The van der Waals surface area contributed by atoms with E-state index in [0.29, 0.717) is 6.04 Å². The summed E-state index contributed by atoms with van der Waals surface area (Å²) in [6.07, 6.45) is 4.06. The molecule has 0 saturated heterocycles. The Bertz CT molecular complexity index is 217. The second-order valence-corrected chi connectivity index (χ2v) is 5.55. The summed E-state index contributed by atoms with van der Waals surface area (Å²) in [6.45, 7) is 13.9. The fraction of sp³-hybridized carbons (Fsp3) is 1.00. The molecular formula is C16H34N2O2. The molecule has 0 amide bonds.